The molecule has 0 amide bonds. The highest BCUT2D eigenvalue weighted by atomic mass is 35.5. The molecular formula is C15H8ClFN2O2S. The van der Waals surface area contributed by atoms with Crippen molar-refractivity contribution in [3.63, 3.8) is 0 Å². The summed E-state index contributed by atoms with van der Waals surface area (Å²) in [7, 11) is -3.93. The number of halogens is 2. The molecule has 0 saturated carbocycles. The number of hydrogen-bond acceptors (Lipinski definition) is 4. The summed E-state index contributed by atoms with van der Waals surface area (Å²) in [5.41, 5.74) is 0.338. The molecule has 7 heteroatoms. The van der Waals surface area contributed by atoms with Crippen LogP contribution in [0.25, 0.3) is 0 Å². The van der Waals surface area contributed by atoms with Crippen molar-refractivity contribution in [3.05, 3.63) is 64.4 Å². The number of nitriles is 1. The van der Waals surface area contributed by atoms with Crippen LogP contribution in [0.5, 0.6) is 0 Å². The predicted octanol–water partition coefficient (Wildman–Crippen LogP) is 3.77. The summed E-state index contributed by atoms with van der Waals surface area (Å²) in [4.78, 5) is 0.778. The van der Waals surface area contributed by atoms with Crippen molar-refractivity contribution in [3.8, 4) is 6.07 Å². The van der Waals surface area contributed by atoms with Crippen LogP contribution in [-0.2, 0) is 9.84 Å². The van der Waals surface area contributed by atoms with Crippen LogP contribution in [0, 0.1) is 17.1 Å². The molecular weight excluding hydrogens is 327 g/mol. The molecule has 1 aliphatic rings. The Morgan fingerprint density at radius 1 is 1.14 bits per heavy atom. The third-order valence-corrected chi connectivity index (χ3v) is 5.16. The quantitative estimate of drug-likeness (QED) is 0.796. The van der Waals surface area contributed by atoms with E-state index in [0.717, 1.165) is 6.20 Å². The third kappa shape index (κ3) is 2.15. The molecule has 0 unspecified atom stereocenters. The minimum absolute atomic E-state index is 0.0841. The van der Waals surface area contributed by atoms with Crippen LogP contribution in [0.4, 0.5) is 15.8 Å². The van der Waals surface area contributed by atoms with Crippen LogP contribution < -0.4 is 4.90 Å². The number of hydrogen-bond donors (Lipinski definition) is 0. The van der Waals surface area contributed by atoms with Gasteiger partial charge in [-0.1, -0.05) is 23.7 Å². The van der Waals surface area contributed by atoms with Gasteiger partial charge in [0.1, 0.15) is 11.9 Å². The lowest BCUT2D eigenvalue weighted by Gasteiger charge is -2.27. The van der Waals surface area contributed by atoms with Gasteiger partial charge in [-0.05, 0) is 30.3 Å². The topological polar surface area (TPSA) is 61.2 Å². The van der Waals surface area contributed by atoms with E-state index >= 15 is 0 Å². The molecule has 22 heavy (non-hydrogen) atoms. The van der Waals surface area contributed by atoms with Crippen LogP contribution in [0.3, 0.4) is 0 Å². The van der Waals surface area contributed by atoms with E-state index in [1.165, 1.54) is 41.3 Å². The van der Waals surface area contributed by atoms with Crippen molar-refractivity contribution >= 4 is 32.8 Å². The number of allylic oxidation sites excluding steroid dienone is 1. The second-order valence-corrected chi connectivity index (χ2v) is 6.87. The summed E-state index contributed by atoms with van der Waals surface area (Å²) < 4.78 is 38.8. The number of para-hydroxylation sites is 1. The molecule has 0 atom stereocenters. The Labute approximate surface area is 131 Å². The molecule has 110 valence electrons. The van der Waals surface area contributed by atoms with Gasteiger partial charge in [-0.2, -0.15) is 5.26 Å². The highest BCUT2D eigenvalue weighted by Crippen LogP contribution is 2.41. The molecule has 0 radical (unpaired) electrons. The molecule has 1 heterocycles. The number of anilines is 2. The molecule has 3 rings (SSSR count). The molecule has 4 nitrogen and oxygen atoms in total. The number of benzene rings is 2. The molecule has 0 aliphatic carbocycles. The number of sulfone groups is 1. The maximum atomic E-state index is 14.1. The van der Waals surface area contributed by atoms with Crippen LogP contribution >= 0.6 is 11.6 Å². The maximum absolute atomic E-state index is 14.1. The van der Waals surface area contributed by atoms with Gasteiger partial charge < -0.3 is 4.90 Å². The molecule has 0 saturated heterocycles. The SMILES string of the molecule is N#CC1=CN(c2ccccc2F)c2cc(Cl)ccc2S1(=O)=O. The van der Waals surface area contributed by atoms with Gasteiger partial charge in [-0.15, -0.1) is 0 Å². The van der Waals surface area contributed by atoms with E-state index in [1.54, 1.807) is 12.1 Å². The lowest BCUT2D eigenvalue weighted by molar-refractivity contribution is 0.601. The Hall–Kier alpha value is -2.36. The van der Waals surface area contributed by atoms with Gasteiger partial charge in [0.15, 0.2) is 4.91 Å². The van der Waals surface area contributed by atoms with Gasteiger partial charge in [0.2, 0.25) is 9.84 Å². The monoisotopic (exact) mass is 334 g/mol. The Kier molecular flexibility index (Phi) is 3.39. The van der Waals surface area contributed by atoms with Crippen molar-refractivity contribution in [1.82, 2.24) is 0 Å². The zero-order valence-corrected chi connectivity index (χ0v) is 12.6. The Bertz CT molecular complexity index is 948. The average molecular weight is 335 g/mol. The fourth-order valence-electron chi connectivity index (χ4n) is 2.22. The van der Waals surface area contributed by atoms with Gasteiger partial charge >= 0.3 is 0 Å². The minimum atomic E-state index is -3.93. The zero-order valence-electron chi connectivity index (χ0n) is 11.0. The normalized spacial score (nSPS) is 15.7. The van der Waals surface area contributed by atoms with Crippen LogP contribution in [0.2, 0.25) is 5.02 Å². The highest BCUT2D eigenvalue weighted by Gasteiger charge is 2.32. The number of nitrogens with zero attached hydrogens (tertiary/aromatic N) is 2. The molecule has 0 fully saturated rings. The summed E-state index contributed by atoms with van der Waals surface area (Å²) in [6, 6.07) is 11.7. The Morgan fingerprint density at radius 3 is 2.55 bits per heavy atom. The third-order valence-electron chi connectivity index (χ3n) is 3.23. The first-order valence-corrected chi connectivity index (χ1v) is 8.01. The maximum Gasteiger partial charge on any atom is 0.220 e. The summed E-state index contributed by atoms with van der Waals surface area (Å²) in [5.74, 6) is -0.540. The van der Waals surface area contributed by atoms with E-state index in [-0.39, 0.29) is 16.3 Å². The van der Waals surface area contributed by atoms with E-state index in [2.05, 4.69) is 0 Å². The van der Waals surface area contributed by atoms with Crippen LogP contribution in [0.15, 0.2) is 58.5 Å². The van der Waals surface area contributed by atoms with Gasteiger partial charge in [0.05, 0.1) is 16.3 Å². The van der Waals surface area contributed by atoms with E-state index in [0.29, 0.717) is 5.02 Å². The second-order valence-electron chi connectivity index (χ2n) is 4.54. The van der Waals surface area contributed by atoms with Gasteiger partial charge in [-0.25, -0.2) is 12.8 Å². The number of fused-ring (bicyclic) bond motifs is 1. The molecule has 0 spiro atoms. The van der Waals surface area contributed by atoms with Crippen molar-refractivity contribution in [1.29, 1.82) is 5.26 Å². The Balaban J connectivity index is 2.35. The molecule has 0 aromatic heterocycles. The van der Waals surface area contributed by atoms with Crippen LogP contribution in [0.1, 0.15) is 0 Å². The van der Waals surface area contributed by atoms with E-state index in [1.807, 2.05) is 0 Å². The summed E-state index contributed by atoms with van der Waals surface area (Å²) in [5, 5.41) is 9.41. The van der Waals surface area contributed by atoms with Gasteiger partial charge in [0.25, 0.3) is 0 Å². The minimum Gasteiger partial charge on any atom is -0.311 e. The van der Waals surface area contributed by atoms with Crippen molar-refractivity contribution < 1.29 is 12.8 Å². The smallest absolute Gasteiger partial charge is 0.220 e. The van der Waals surface area contributed by atoms with Crippen molar-refractivity contribution in [2.45, 2.75) is 4.90 Å². The molecule has 2 aromatic carbocycles. The fraction of sp³-hybridized carbons (Fsp3) is 0. The van der Waals surface area contributed by atoms with Gasteiger partial charge in [0, 0.05) is 11.2 Å². The largest absolute Gasteiger partial charge is 0.311 e. The van der Waals surface area contributed by atoms with E-state index < -0.39 is 20.6 Å². The first-order chi connectivity index (χ1) is 10.4. The first-order valence-electron chi connectivity index (χ1n) is 6.15. The molecule has 0 N–H and O–H groups in total. The average Bonchev–Trinajstić information content (AvgIpc) is 2.48. The molecule has 2 aromatic rings. The van der Waals surface area contributed by atoms with E-state index in [9.17, 15) is 12.8 Å². The fourth-order valence-corrected chi connectivity index (χ4v) is 3.66. The lowest BCUT2D eigenvalue weighted by Crippen LogP contribution is -2.22. The Morgan fingerprint density at radius 2 is 1.86 bits per heavy atom. The lowest BCUT2D eigenvalue weighted by atomic mass is 10.2. The second kappa shape index (κ2) is 5.13. The zero-order chi connectivity index (χ0) is 15.9. The summed E-state index contributed by atoms with van der Waals surface area (Å²) in [6.45, 7) is 0. The van der Waals surface area contributed by atoms with Crippen molar-refractivity contribution in [2.75, 3.05) is 4.90 Å². The van der Waals surface area contributed by atoms with Crippen LogP contribution in [-0.4, -0.2) is 8.42 Å². The predicted molar refractivity (Wildman–Crippen MR) is 80.9 cm³/mol. The van der Waals surface area contributed by atoms with Gasteiger partial charge in [-0.3, -0.25) is 0 Å². The molecule has 1 aliphatic heterocycles. The highest BCUT2D eigenvalue weighted by molar-refractivity contribution is 7.95. The van der Waals surface area contributed by atoms with Crippen molar-refractivity contribution in [2.24, 2.45) is 0 Å². The summed E-state index contributed by atoms with van der Waals surface area (Å²) >= 11 is 5.93. The molecule has 0 bridgehead atoms. The standard InChI is InChI=1S/C15H8ClFN2O2S/c16-10-5-6-15-14(7-10)19(9-11(8-18)22(15,20)21)13-4-2-1-3-12(13)17/h1-7,9H. The number of rotatable bonds is 1. The first kappa shape index (κ1) is 14.6. The van der Waals surface area contributed by atoms with E-state index in [4.69, 9.17) is 16.9 Å². The summed E-state index contributed by atoms with van der Waals surface area (Å²) in [6.07, 6.45) is 1.10.